The van der Waals surface area contributed by atoms with Crippen molar-refractivity contribution in [2.45, 2.75) is 347 Å². The minimum absolute atomic E-state index is 0.0250. The first-order chi connectivity index (χ1) is 44.5. The molecule has 24 nitrogen and oxygen atoms in total. The summed E-state index contributed by atoms with van der Waals surface area (Å²) in [5, 5.41) is 235. The van der Waals surface area contributed by atoms with Gasteiger partial charge in [-0.05, 0) is 139 Å². The Morgan fingerprint density at radius 3 is 1.68 bits per heavy atom. The van der Waals surface area contributed by atoms with Crippen molar-refractivity contribution in [3.63, 3.8) is 0 Å². The first kappa shape index (κ1) is 88.1. The number of hydrogen-bond acceptors (Lipinski definition) is 24. The van der Waals surface area contributed by atoms with Crippen LogP contribution in [0.5, 0.6) is 0 Å². The van der Waals surface area contributed by atoms with Crippen molar-refractivity contribution in [1.82, 2.24) is 0 Å². The number of unbranched alkanes of at least 4 members (excludes halogenated alkanes) is 9. The summed E-state index contributed by atoms with van der Waals surface area (Å²) in [6.45, 7) is 8.35. The van der Waals surface area contributed by atoms with Gasteiger partial charge < -0.3 is 122 Å². The average molecular weight is 1370 g/mol. The molecule has 552 valence electrons. The molecule has 25 heteroatoms. The van der Waals surface area contributed by atoms with Crippen molar-refractivity contribution in [3.05, 3.63) is 60.2 Å². The lowest BCUT2D eigenvalue weighted by atomic mass is 9.85. The second-order valence-electron chi connectivity index (χ2n) is 27.1. The van der Waals surface area contributed by atoms with Crippen molar-refractivity contribution in [3.8, 4) is 0 Å². The Labute approximate surface area is 562 Å². The number of hydrogen-bond donors (Lipinski definition) is 22. The fourth-order valence-electron chi connectivity index (χ4n) is 12.4. The minimum Gasteiger partial charge on any atom is -0.394 e. The van der Waals surface area contributed by atoms with Crippen molar-refractivity contribution < 1.29 is 122 Å². The third kappa shape index (κ3) is 33.0. The molecule has 2 saturated heterocycles. The smallest absolute Gasteiger partial charge is 0.115 e. The molecule has 0 bridgehead atoms. The first-order valence-corrected chi connectivity index (χ1v) is 35.1. The summed E-state index contributed by atoms with van der Waals surface area (Å²) in [5.74, 6) is -1.79. The molecule has 28 atom stereocenters. The van der Waals surface area contributed by atoms with Crippen molar-refractivity contribution >= 4 is 11.6 Å². The number of aliphatic hydroxyl groups excluding tert-OH is 22. The average Bonchev–Trinajstić information content (AvgIpc) is 0.830. The Morgan fingerprint density at radius 1 is 0.489 bits per heavy atom. The van der Waals surface area contributed by atoms with Crippen LogP contribution in [0.3, 0.4) is 0 Å². The third-order valence-electron chi connectivity index (χ3n) is 18.9. The van der Waals surface area contributed by atoms with Gasteiger partial charge in [0.05, 0.1) is 92.1 Å². The zero-order chi connectivity index (χ0) is 70.6. The number of ether oxygens (including phenoxy) is 2. The van der Waals surface area contributed by atoms with Crippen molar-refractivity contribution in [2.75, 3.05) is 6.61 Å². The van der Waals surface area contributed by atoms with Crippen LogP contribution < -0.4 is 0 Å². The summed E-state index contributed by atoms with van der Waals surface area (Å²) in [6, 6.07) is 0. The molecule has 2 heterocycles. The maximum atomic E-state index is 11.2. The van der Waals surface area contributed by atoms with Gasteiger partial charge in [0, 0.05) is 18.4 Å². The molecule has 0 spiro atoms. The van der Waals surface area contributed by atoms with Crippen LogP contribution in [0.1, 0.15) is 194 Å². The van der Waals surface area contributed by atoms with E-state index in [0.29, 0.717) is 44.9 Å². The van der Waals surface area contributed by atoms with E-state index in [1.54, 1.807) is 45.1 Å². The number of aliphatic hydroxyl groups is 22. The molecule has 0 radical (unpaired) electrons. The summed E-state index contributed by atoms with van der Waals surface area (Å²) in [4.78, 5) is 0. The van der Waals surface area contributed by atoms with Gasteiger partial charge in [-0.3, -0.25) is 0 Å². The molecule has 28 unspecified atom stereocenters. The van der Waals surface area contributed by atoms with E-state index >= 15 is 0 Å². The third-order valence-corrected chi connectivity index (χ3v) is 19.1. The SMILES string of the molecule is C=C(CCC(O)C1OC(CC(O)C(O)C(C)CCCC(O)C(O)C(O)C(C)CCC(O)C(O)C(C)CC(O)CCCC(O)CCCC(O)/C=C/CC(O)CO)C(O)C(O)C1O)C(O)C(O)C1CC(O)C(O)C(C(O)C(O)/C=C/CCCCCCCCCC/C=C/C=C/Cl)O1. The molecule has 22 N–H and O–H groups in total. The van der Waals surface area contributed by atoms with Crippen LogP contribution in [0, 0.1) is 17.8 Å². The number of rotatable bonds is 52. The largest absolute Gasteiger partial charge is 0.394 e. The molecule has 0 aromatic carbocycles. The van der Waals surface area contributed by atoms with Gasteiger partial charge in [-0.1, -0.05) is 126 Å². The van der Waals surface area contributed by atoms with E-state index in [4.69, 9.17) is 26.2 Å². The van der Waals surface area contributed by atoms with Crippen LogP contribution >= 0.6 is 11.6 Å². The first-order valence-electron chi connectivity index (χ1n) is 34.6. The molecule has 2 rings (SSSR count). The normalized spacial score (nSPS) is 27.9. The van der Waals surface area contributed by atoms with Crippen LogP contribution in [-0.2, 0) is 9.47 Å². The highest BCUT2D eigenvalue weighted by Crippen LogP contribution is 2.33. The number of halogens is 1. The van der Waals surface area contributed by atoms with Crippen molar-refractivity contribution in [2.24, 2.45) is 17.8 Å². The van der Waals surface area contributed by atoms with E-state index in [1.165, 1.54) is 24.5 Å². The molecule has 0 aliphatic carbocycles. The highest BCUT2D eigenvalue weighted by molar-refractivity contribution is 6.25. The van der Waals surface area contributed by atoms with Crippen LogP contribution in [-0.4, -0.2) is 272 Å². The minimum atomic E-state index is -1.87. The molecule has 2 fully saturated rings. The topological polar surface area (TPSA) is 464 Å². The second-order valence-corrected chi connectivity index (χ2v) is 27.4. The van der Waals surface area contributed by atoms with Crippen LogP contribution in [0.15, 0.2) is 60.2 Å². The Bertz CT molecular complexity index is 2060. The summed E-state index contributed by atoms with van der Waals surface area (Å²) >= 11 is 5.50. The Kier molecular flexibility index (Phi) is 45.7. The molecule has 0 amide bonds. The molecule has 2 aliphatic heterocycles. The molecule has 2 aliphatic rings. The standard InChI is InChI=1S/C69H125ClO24/c1-41(23-19-31-49(76)61(86)59(84)42(2)32-34-51(78)58(83)44(4)37-47(74)28-21-26-45(72)24-20-25-46(73)27-22-29-48(75)40-71)57(82)53(80)38-56-65(90)66(91)67(92)68(93-56)52(79)35-33-43(3)60(85)64(89)55-39-54(81)63(88)69(94-55)62(87)50(77)30-17-15-13-11-9-7-5-6-8-10-12-14-16-18-36-70/h14,16-18,22,27,30,36,41-42,44-69,71-92H,3,5-13,15,19-21,23-26,28-29,31-35,37-40H2,1-2,4H3/b16-14+,27-22+,30-17+,36-18+. The lowest BCUT2D eigenvalue weighted by molar-refractivity contribution is -0.250. The number of allylic oxidation sites excluding steroid dienone is 4. The molecule has 0 saturated carbocycles. The Hall–Kier alpha value is -1.97. The van der Waals surface area contributed by atoms with Gasteiger partial charge in [0.1, 0.15) is 67.1 Å². The van der Waals surface area contributed by atoms with E-state index in [1.807, 2.05) is 6.08 Å². The maximum absolute atomic E-state index is 11.2. The molecule has 0 aromatic heterocycles. The van der Waals surface area contributed by atoms with Crippen LogP contribution in [0.25, 0.3) is 0 Å². The highest BCUT2D eigenvalue weighted by atomic mass is 35.5. The van der Waals surface area contributed by atoms with Gasteiger partial charge in [0.25, 0.3) is 0 Å². The van der Waals surface area contributed by atoms with Gasteiger partial charge in [-0.15, -0.1) is 0 Å². The maximum Gasteiger partial charge on any atom is 0.115 e. The van der Waals surface area contributed by atoms with E-state index in [9.17, 15) is 107 Å². The molecular formula is C69H125ClO24. The zero-order valence-corrected chi connectivity index (χ0v) is 56.6. The monoisotopic (exact) mass is 1370 g/mol. The van der Waals surface area contributed by atoms with Crippen molar-refractivity contribution in [1.29, 1.82) is 0 Å². The summed E-state index contributed by atoms with van der Waals surface area (Å²) < 4.78 is 11.6. The van der Waals surface area contributed by atoms with Gasteiger partial charge in [-0.25, -0.2) is 0 Å². The van der Waals surface area contributed by atoms with E-state index < -0.39 is 177 Å². The molecule has 94 heavy (non-hydrogen) atoms. The highest BCUT2D eigenvalue weighted by Gasteiger charge is 2.49. The predicted molar refractivity (Wildman–Crippen MR) is 354 cm³/mol. The van der Waals surface area contributed by atoms with Gasteiger partial charge >= 0.3 is 0 Å². The van der Waals surface area contributed by atoms with Gasteiger partial charge in [-0.2, -0.15) is 0 Å². The van der Waals surface area contributed by atoms with Gasteiger partial charge in [0.2, 0.25) is 0 Å². The molecular weight excluding hydrogens is 1250 g/mol. The summed E-state index contributed by atoms with van der Waals surface area (Å²) in [6.07, 6.45) is -11.1. The van der Waals surface area contributed by atoms with Gasteiger partial charge in [0.15, 0.2) is 0 Å². The molecule has 0 aromatic rings. The van der Waals surface area contributed by atoms with E-state index in [2.05, 4.69) is 12.7 Å². The van der Waals surface area contributed by atoms with Crippen LogP contribution in [0.4, 0.5) is 0 Å². The lowest BCUT2D eigenvalue weighted by Crippen LogP contribution is -2.61. The second kappa shape index (κ2) is 48.7. The fraction of sp³-hybridized carbons (Fsp3) is 0.855. The lowest BCUT2D eigenvalue weighted by Gasteiger charge is -2.43. The summed E-state index contributed by atoms with van der Waals surface area (Å²) in [7, 11) is 0. The Balaban J connectivity index is 1.78. The quantitative estimate of drug-likeness (QED) is 0.0233. The van der Waals surface area contributed by atoms with E-state index in [-0.39, 0.29) is 76.4 Å². The summed E-state index contributed by atoms with van der Waals surface area (Å²) in [5.41, 5.74) is 1.43. The Morgan fingerprint density at radius 2 is 1.05 bits per heavy atom. The fourth-order valence-corrected chi connectivity index (χ4v) is 12.5. The van der Waals surface area contributed by atoms with E-state index in [0.717, 1.165) is 44.9 Å². The van der Waals surface area contributed by atoms with Crippen LogP contribution in [0.2, 0.25) is 0 Å². The predicted octanol–water partition coefficient (Wildman–Crippen LogP) is 1.51. The zero-order valence-electron chi connectivity index (χ0n) is 55.8.